The number of likely N-dealkylation sites (N-methyl/N-ethyl adjacent to an activating group) is 1. The summed E-state index contributed by atoms with van der Waals surface area (Å²) in [5, 5.41) is 6.39. The second kappa shape index (κ2) is 11.4. The zero-order chi connectivity index (χ0) is 24.7. The van der Waals surface area contributed by atoms with Crippen molar-refractivity contribution in [3.8, 4) is 5.75 Å². The lowest BCUT2D eigenvalue weighted by molar-refractivity contribution is -0.137. The molecule has 0 unspecified atom stereocenters. The summed E-state index contributed by atoms with van der Waals surface area (Å²) in [5.74, 6) is 0.0593. The number of carbonyl (C=O) groups excluding carboxylic acids is 1. The Kier molecular flexibility index (Phi) is 8.58. The number of ether oxygens (including phenoxy) is 1. The average Bonchev–Trinajstić information content (AvgIpc) is 2.84. The molecule has 8 heteroatoms. The van der Waals surface area contributed by atoms with Crippen molar-refractivity contribution in [1.29, 1.82) is 0 Å². The molecule has 2 atom stereocenters. The lowest BCUT2D eigenvalue weighted by Gasteiger charge is -2.23. The van der Waals surface area contributed by atoms with Gasteiger partial charge in [0.25, 0.3) is 0 Å². The van der Waals surface area contributed by atoms with Crippen molar-refractivity contribution >= 4 is 17.5 Å². The number of hydrogen-bond donors (Lipinski definition) is 2. The van der Waals surface area contributed by atoms with Crippen LogP contribution in [0.2, 0.25) is 5.02 Å². The zero-order valence-electron chi connectivity index (χ0n) is 18.8. The van der Waals surface area contributed by atoms with Crippen LogP contribution in [-0.4, -0.2) is 26.6 Å². The number of alkyl halides is 3. The third-order valence-corrected chi connectivity index (χ3v) is 5.95. The van der Waals surface area contributed by atoms with Crippen LogP contribution in [0.5, 0.6) is 5.75 Å². The predicted molar refractivity (Wildman–Crippen MR) is 127 cm³/mol. The molecule has 180 valence electrons. The molecule has 0 bridgehead atoms. The molecule has 34 heavy (non-hydrogen) atoms. The fraction of sp³-hybridized carbons (Fsp3) is 0.269. The highest BCUT2D eigenvalue weighted by atomic mass is 35.5. The van der Waals surface area contributed by atoms with Crippen molar-refractivity contribution in [2.24, 2.45) is 0 Å². The van der Waals surface area contributed by atoms with Crippen LogP contribution in [-0.2, 0) is 11.0 Å². The number of nitrogens with one attached hydrogen (secondary N) is 2. The number of amides is 1. The van der Waals surface area contributed by atoms with Crippen LogP contribution in [0.15, 0.2) is 72.8 Å². The summed E-state index contributed by atoms with van der Waals surface area (Å²) in [4.78, 5) is 12.5. The van der Waals surface area contributed by atoms with Crippen LogP contribution in [0.25, 0.3) is 0 Å². The molecule has 1 amide bonds. The molecule has 4 nitrogen and oxygen atoms in total. The maximum atomic E-state index is 13.1. The number of rotatable bonds is 9. The molecular formula is C26H26ClF3N2O2. The molecule has 3 aromatic carbocycles. The molecule has 3 aromatic rings. The van der Waals surface area contributed by atoms with Crippen molar-refractivity contribution in [2.75, 3.05) is 20.7 Å². The van der Waals surface area contributed by atoms with E-state index in [2.05, 4.69) is 10.6 Å². The van der Waals surface area contributed by atoms with Gasteiger partial charge in [-0.05, 0) is 53.9 Å². The highest BCUT2D eigenvalue weighted by molar-refractivity contribution is 6.32. The minimum Gasteiger partial charge on any atom is -0.495 e. The van der Waals surface area contributed by atoms with Gasteiger partial charge in [-0.25, -0.2) is 0 Å². The Hall–Kier alpha value is -3.03. The molecule has 0 saturated carbocycles. The molecule has 0 spiro atoms. The molecule has 0 radical (unpaired) electrons. The third-order valence-electron chi connectivity index (χ3n) is 5.64. The molecule has 0 saturated heterocycles. The second-order valence-electron chi connectivity index (χ2n) is 7.77. The maximum Gasteiger partial charge on any atom is 0.416 e. The largest absolute Gasteiger partial charge is 0.495 e. The Bertz CT molecular complexity index is 1090. The first-order chi connectivity index (χ1) is 16.2. The summed E-state index contributed by atoms with van der Waals surface area (Å²) >= 11 is 6.18. The molecule has 3 rings (SSSR count). The van der Waals surface area contributed by atoms with Crippen molar-refractivity contribution < 1.29 is 22.7 Å². The quantitative estimate of drug-likeness (QED) is 0.389. The maximum absolute atomic E-state index is 13.1. The number of halogens is 4. The van der Waals surface area contributed by atoms with Gasteiger partial charge in [0.1, 0.15) is 11.8 Å². The van der Waals surface area contributed by atoms with Gasteiger partial charge in [-0.15, -0.1) is 0 Å². The van der Waals surface area contributed by atoms with Crippen molar-refractivity contribution in [2.45, 2.75) is 24.6 Å². The van der Waals surface area contributed by atoms with Crippen LogP contribution in [0.3, 0.4) is 0 Å². The monoisotopic (exact) mass is 490 g/mol. The number of carbonyl (C=O) groups is 1. The second-order valence-corrected chi connectivity index (χ2v) is 8.17. The Morgan fingerprint density at radius 3 is 2.21 bits per heavy atom. The van der Waals surface area contributed by atoms with Gasteiger partial charge >= 0.3 is 6.18 Å². The summed E-state index contributed by atoms with van der Waals surface area (Å²) in [6.45, 7) is 0.434. The van der Waals surface area contributed by atoms with Gasteiger partial charge in [-0.3, -0.25) is 4.79 Å². The van der Waals surface area contributed by atoms with Gasteiger partial charge in [0.05, 0.1) is 17.7 Å². The van der Waals surface area contributed by atoms with Crippen LogP contribution >= 0.6 is 11.6 Å². The summed E-state index contributed by atoms with van der Waals surface area (Å²) in [5.41, 5.74) is 1.68. The minimum absolute atomic E-state index is 0.176. The lowest BCUT2D eigenvalue weighted by Crippen LogP contribution is -2.36. The zero-order valence-corrected chi connectivity index (χ0v) is 19.6. The van der Waals surface area contributed by atoms with Crippen LogP contribution in [0.1, 0.15) is 40.6 Å². The van der Waals surface area contributed by atoms with E-state index in [0.29, 0.717) is 23.7 Å². The van der Waals surface area contributed by atoms with Gasteiger partial charge in [-0.1, -0.05) is 60.1 Å². The summed E-state index contributed by atoms with van der Waals surface area (Å²) in [6, 6.07) is 19.2. The number of methoxy groups -OCH3 is 1. The molecule has 0 aliphatic heterocycles. The smallest absolute Gasteiger partial charge is 0.416 e. The first-order valence-corrected chi connectivity index (χ1v) is 11.1. The Labute approximate surface area is 202 Å². The van der Waals surface area contributed by atoms with Crippen molar-refractivity contribution in [1.82, 2.24) is 10.6 Å². The van der Waals surface area contributed by atoms with E-state index in [1.807, 2.05) is 36.4 Å². The molecular weight excluding hydrogens is 465 g/mol. The van der Waals surface area contributed by atoms with E-state index in [4.69, 9.17) is 16.3 Å². The summed E-state index contributed by atoms with van der Waals surface area (Å²) in [6.07, 6.45) is -3.88. The van der Waals surface area contributed by atoms with Crippen LogP contribution < -0.4 is 15.4 Å². The molecule has 0 heterocycles. The highest BCUT2D eigenvalue weighted by Crippen LogP contribution is 2.35. The van der Waals surface area contributed by atoms with E-state index in [1.54, 1.807) is 19.2 Å². The van der Waals surface area contributed by atoms with Crippen LogP contribution in [0.4, 0.5) is 13.2 Å². The average molecular weight is 491 g/mol. The van der Waals surface area contributed by atoms with Gasteiger partial charge in [0.15, 0.2) is 0 Å². The summed E-state index contributed by atoms with van der Waals surface area (Å²) < 4.78 is 44.5. The third kappa shape index (κ3) is 6.30. The van der Waals surface area contributed by atoms with E-state index in [-0.39, 0.29) is 11.8 Å². The van der Waals surface area contributed by atoms with Gasteiger partial charge < -0.3 is 15.4 Å². The van der Waals surface area contributed by atoms with Crippen LogP contribution in [0, 0.1) is 0 Å². The predicted octanol–water partition coefficient (Wildman–Crippen LogP) is 5.97. The van der Waals surface area contributed by atoms with Crippen molar-refractivity contribution in [3.63, 3.8) is 0 Å². The Balaban J connectivity index is 1.87. The minimum atomic E-state index is -4.41. The fourth-order valence-electron chi connectivity index (χ4n) is 3.85. The SMILES string of the molecule is CNC(=O)[C@H](NCC[C@@H](c1ccc(C(F)(F)F)cc1)c1ccc(Cl)c(OC)c1)c1ccccc1. The van der Waals surface area contributed by atoms with Gasteiger partial charge in [-0.2, -0.15) is 13.2 Å². The molecule has 0 aromatic heterocycles. The molecule has 2 N–H and O–H groups in total. The first-order valence-electron chi connectivity index (χ1n) is 10.7. The van der Waals surface area contributed by atoms with E-state index in [0.717, 1.165) is 28.8 Å². The van der Waals surface area contributed by atoms with E-state index >= 15 is 0 Å². The Morgan fingerprint density at radius 2 is 1.62 bits per heavy atom. The highest BCUT2D eigenvalue weighted by Gasteiger charge is 2.30. The van der Waals surface area contributed by atoms with Crippen molar-refractivity contribution in [3.05, 3.63) is 100 Å². The molecule has 0 fully saturated rings. The lowest BCUT2D eigenvalue weighted by atomic mass is 9.87. The van der Waals surface area contributed by atoms with E-state index in [1.165, 1.54) is 19.2 Å². The fourth-order valence-corrected chi connectivity index (χ4v) is 4.04. The topological polar surface area (TPSA) is 50.4 Å². The molecule has 0 aliphatic rings. The normalized spacial score (nSPS) is 13.2. The van der Waals surface area contributed by atoms with E-state index in [9.17, 15) is 18.0 Å². The standard InChI is InChI=1S/C26H26ClF3N2O2/c1-31-25(33)24(18-6-4-3-5-7-18)32-15-14-21(19-10-13-22(27)23(16-19)34-2)17-8-11-20(12-9-17)26(28,29)30/h3-13,16,21,24,32H,14-15H2,1-2H3,(H,31,33)/t21-,24+/m0/s1. The number of benzene rings is 3. The number of hydrogen-bond acceptors (Lipinski definition) is 3. The van der Waals surface area contributed by atoms with Gasteiger partial charge in [0.2, 0.25) is 5.91 Å². The Morgan fingerprint density at radius 1 is 0.971 bits per heavy atom. The van der Waals surface area contributed by atoms with E-state index < -0.39 is 17.8 Å². The summed E-state index contributed by atoms with van der Waals surface area (Å²) in [7, 11) is 3.08. The molecule has 0 aliphatic carbocycles. The first kappa shape index (κ1) is 25.6. The van der Waals surface area contributed by atoms with Gasteiger partial charge in [0, 0.05) is 13.0 Å².